The maximum atomic E-state index is 13.9. The molecule has 35 heavy (non-hydrogen) atoms. The second-order valence-corrected chi connectivity index (χ2v) is 10.2. The van der Waals surface area contributed by atoms with Crippen LogP contribution in [-0.4, -0.2) is 53.2 Å². The van der Waals surface area contributed by atoms with Gasteiger partial charge in [-0.05, 0) is 52.5 Å². The standard InChI is InChI=1S/C27H38N4O3S/c1-5-7-12-19(6-2)24(32)21-17-35-26(29-21)22-15-11-16-31(22)27(34)23(20-13-9-8-10-14-20)30-25(33)18(3)28-4/h5-7,12,17-18,20,22-23,28H,1,8-11,13-16H2,2-4H3,(H,30,33)/b12-7-,19-6+/t18-,22-,23-/m0/s1. The minimum Gasteiger partial charge on any atom is -0.343 e. The lowest BCUT2D eigenvalue weighted by molar-refractivity contribution is -0.139. The van der Waals surface area contributed by atoms with Gasteiger partial charge in [0.25, 0.3) is 0 Å². The molecule has 3 rings (SSSR count). The van der Waals surface area contributed by atoms with Crippen LogP contribution in [-0.2, 0) is 9.59 Å². The minimum atomic E-state index is -0.529. The van der Waals surface area contributed by atoms with Crippen LogP contribution in [0.3, 0.4) is 0 Å². The number of rotatable bonds is 10. The highest BCUT2D eigenvalue weighted by atomic mass is 32.1. The molecule has 190 valence electrons. The minimum absolute atomic E-state index is 0.0258. The van der Waals surface area contributed by atoms with Gasteiger partial charge in [0.1, 0.15) is 16.7 Å². The van der Waals surface area contributed by atoms with Crippen molar-refractivity contribution in [2.75, 3.05) is 13.6 Å². The van der Waals surface area contributed by atoms with E-state index < -0.39 is 6.04 Å². The van der Waals surface area contributed by atoms with Gasteiger partial charge in [0.2, 0.25) is 17.6 Å². The lowest BCUT2D eigenvalue weighted by atomic mass is 9.83. The summed E-state index contributed by atoms with van der Waals surface area (Å²) >= 11 is 1.42. The van der Waals surface area contributed by atoms with Gasteiger partial charge in [0.15, 0.2) is 0 Å². The third kappa shape index (κ3) is 6.55. The summed E-state index contributed by atoms with van der Waals surface area (Å²) in [6.45, 7) is 7.91. The number of hydrogen-bond donors (Lipinski definition) is 2. The van der Waals surface area contributed by atoms with E-state index in [9.17, 15) is 14.4 Å². The zero-order valence-corrected chi connectivity index (χ0v) is 21.9. The fraction of sp³-hybridized carbons (Fsp3) is 0.556. The number of aromatic nitrogens is 1. The Kier molecular flexibility index (Phi) is 9.98. The van der Waals surface area contributed by atoms with Crippen molar-refractivity contribution in [3.8, 4) is 0 Å². The third-order valence-corrected chi connectivity index (χ3v) is 8.02. The molecular formula is C27H38N4O3S. The first-order valence-corrected chi connectivity index (χ1v) is 13.5. The molecule has 2 amide bonds. The van der Waals surface area contributed by atoms with E-state index in [1.165, 1.54) is 17.8 Å². The molecule has 2 heterocycles. The zero-order chi connectivity index (χ0) is 25.4. The van der Waals surface area contributed by atoms with Gasteiger partial charge in [-0.25, -0.2) is 4.98 Å². The Morgan fingerprint density at radius 3 is 2.60 bits per heavy atom. The van der Waals surface area contributed by atoms with Crippen LogP contribution < -0.4 is 10.6 Å². The van der Waals surface area contributed by atoms with Crippen molar-refractivity contribution in [2.24, 2.45) is 5.92 Å². The lowest BCUT2D eigenvalue weighted by Crippen LogP contribution is -2.55. The molecule has 1 aliphatic carbocycles. The number of likely N-dealkylation sites (N-methyl/N-ethyl adjacent to an activating group) is 1. The molecule has 8 heteroatoms. The van der Waals surface area contributed by atoms with E-state index in [0.29, 0.717) is 17.8 Å². The Bertz CT molecular complexity index is 977. The average Bonchev–Trinajstić information content (AvgIpc) is 3.57. The number of hydrogen-bond acceptors (Lipinski definition) is 6. The number of thiazole rings is 1. The fourth-order valence-electron chi connectivity index (χ4n) is 4.89. The van der Waals surface area contributed by atoms with Crippen LogP contribution in [0.1, 0.15) is 80.3 Å². The Labute approximate surface area is 212 Å². The van der Waals surface area contributed by atoms with Crippen molar-refractivity contribution in [3.63, 3.8) is 0 Å². The predicted octanol–water partition coefficient (Wildman–Crippen LogP) is 4.35. The largest absolute Gasteiger partial charge is 0.343 e. The molecule has 1 aromatic rings. The van der Waals surface area contributed by atoms with E-state index in [-0.39, 0.29) is 35.6 Å². The molecule has 2 fully saturated rings. The first kappa shape index (κ1) is 27.0. The zero-order valence-electron chi connectivity index (χ0n) is 21.1. The van der Waals surface area contributed by atoms with Crippen LogP contribution in [0.4, 0.5) is 0 Å². The molecule has 0 spiro atoms. The summed E-state index contributed by atoms with van der Waals surface area (Å²) in [5, 5.41) is 8.58. The van der Waals surface area contributed by atoms with E-state index in [4.69, 9.17) is 0 Å². The first-order valence-electron chi connectivity index (χ1n) is 12.6. The maximum Gasteiger partial charge on any atom is 0.246 e. The molecule has 2 N–H and O–H groups in total. The number of carbonyl (C=O) groups is 3. The van der Waals surface area contributed by atoms with Crippen molar-refractivity contribution in [3.05, 3.63) is 52.5 Å². The van der Waals surface area contributed by atoms with E-state index in [1.54, 1.807) is 43.7 Å². The summed E-state index contributed by atoms with van der Waals surface area (Å²) in [4.78, 5) is 46.0. The summed E-state index contributed by atoms with van der Waals surface area (Å²) in [5.74, 6) is -0.173. The summed E-state index contributed by atoms with van der Waals surface area (Å²) in [6, 6.07) is -1.07. The molecule has 0 bridgehead atoms. The highest BCUT2D eigenvalue weighted by Crippen LogP contribution is 2.36. The number of likely N-dealkylation sites (tertiary alicyclic amines) is 1. The van der Waals surface area contributed by atoms with Crippen LogP contribution in [0.5, 0.6) is 0 Å². The van der Waals surface area contributed by atoms with Crippen molar-refractivity contribution < 1.29 is 14.4 Å². The molecule has 7 nitrogen and oxygen atoms in total. The van der Waals surface area contributed by atoms with E-state index in [1.807, 2.05) is 11.8 Å². The van der Waals surface area contributed by atoms with Crippen molar-refractivity contribution in [2.45, 2.75) is 76.9 Å². The Hall–Kier alpha value is -2.58. The van der Waals surface area contributed by atoms with Crippen LogP contribution in [0.2, 0.25) is 0 Å². The van der Waals surface area contributed by atoms with Gasteiger partial charge in [0, 0.05) is 17.5 Å². The van der Waals surface area contributed by atoms with Crippen LogP contribution in [0, 0.1) is 5.92 Å². The lowest BCUT2D eigenvalue weighted by Gasteiger charge is -2.35. The molecule has 0 radical (unpaired) electrons. The Morgan fingerprint density at radius 2 is 1.94 bits per heavy atom. The summed E-state index contributed by atoms with van der Waals surface area (Å²) in [7, 11) is 1.74. The van der Waals surface area contributed by atoms with Crippen LogP contribution in [0.15, 0.2) is 41.8 Å². The molecule has 1 aliphatic heterocycles. The van der Waals surface area contributed by atoms with Crippen molar-refractivity contribution in [1.82, 2.24) is 20.5 Å². The highest BCUT2D eigenvalue weighted by molar-refractivity contribution is 7.10. The second-order valence-electron chi connectivity index (χ2n) is 9.32. The van der Waals surface area contributed by atoms with Gasteiger partial charge in [-0.3, -0.25) is 14.4 Å². The number of amides is 2. The molecule has 0 aromatic carbocycles. The van der Waals surface area contributed by atoms with Gasteiger partial charge >= 0.3 is 0 Å². The molecule has 0 unspecified atom stereocenters. The quantitative estimate of drug-likeness (QED) is 0.284. The van der Waals surface area contributed by atoms with Crippen molar-refractivity contribution >= 4 is 28.9 Å². The second kappa shape index (κ2) is 12.9. The maximum absolute atomic E-state index is 13.9. The van der Waals surface area contributed by atoms with Gasteiger partial charge in [-0.1, -0.05) is 50.1 Å². The number of carbonyl (C=O) groups excluding carboxylic acids is 3. The summed E-state index contributed by atoms with van der Waals surface area (Å²) in [5.41, 5.74) is 0.950. The number of allylic oxidation sites excluding steroid dienone is 5. The number of ketones is 1. The molecule has 1 saturated heterocycles. The molecular weight excluding hydrogens is 460 g/mol. The van der Waals surface area contributed by atoms with E-state index in [2.05, 4.69) is 22.2 Å². The van der Waals surface area contributed by atoms with Crippen molar-refractivity contribution in [1.29, 1.82) is 0 Å². The SMILES string of the molecule is C=C/C=C\C(=C/C)C(=O)c1csc([C@@H]2CCCN2C(=O)[C@@H](NC(=O)[C@H](C)NC)C2CCCCC2)n1. The van der Waals surface area contributed by atoms with Gasteiger partial charge < -0.3 is 15.5 Å². The number of nitrogens with one attached hydrogen (secondary N) is 2. The van der Waals surface area contributed by atoms with Gasteiger partial charge in [-0.15, -0.1) is 11.3 Å². The number of nitrogens with zero attached hydrogens (tertiary/aromatic N) is 2. The molecule has 1 aromatic heterocycles. The molecule has 3 atom stereocenters. The summed E-state index contributed by atoms with van der Waals surface area (Å²) < 4.78 is 0. The van der Waals surface area contributed by atoms with Gasteiger partial charge in [0.05, 0.1) is 12.1 Å². The normalized spacial score (nSPS) is 21.2. The summed E-state index contributed by atoms with van der Waals surface area (Å²) in [6.07, 6.45) is 13.8. The number of Topliss-reactive ketones (excluding diaryl/α,β-unsaturated/α-hetero) is 1. The van der Waals surface area contributed by atoms with Crippen LogP contribution in [0.25, 0.3) is 0 Å². The highest BCUT2D eigenvalue weighted by Gasteiger charge is 2.40. The fourth-order valence-corrected chi connectivity index (χ4v) is 5.84. The first-order chi connectivity index (χ1) is 16.9. The monoisotopic (exact) mass is 498 g/mol. The van der Waals surface area contributed by atoms with E-state index >= 15 is 0 Å². The average molecular weight is 499 g/mol. The van der Waals surface area contributed by atoms with Crippen LogP contribution >= 0.6 is 11.3 Å². The topological polar surface area (TPSA) is 91.4 Å². The third-order valence-electron chi connectivity index (χ3n) is 7.07. The van der Waals surface area contributed by atoms with E-state index in [0.717, 1.165) is 43.5 Å². The molecule has 2 aliphatic rings. The Balaban J connectivity index is 1.81. The van der Waals surface area contributed by atoms with Gasteiger partial charge in [-0.2, -0.15) is 0 Å². The predicted molar refractivity (Wildman–Crippen MR) is 140 cm³/mol. The Morgan fingerprint density at radius 1 is 1.20 bits per heavy atom. The smallest absolute Gasteiger partial charge is 0.246 e. The molecule has 1 saturated carbocycles.